The highest BCUT2D eigenvalue weighted by Crippen LogP contribution is 2.18. The average molecular weight is 395 g/mol. The summed E-state index contributed by atoms with van der Waals surface area (Å²) in [6, 6.07) is 16.7. The van der Waals surface area contributed by atoms with E-state index in [1.165, 1.54) is 11.3 Å². The van der Waals surface area contributed by atoms with E-state index in [4.69, 9.17) is 0 Å². The molecule has 0 bridgehead atoms. The highest BCUT2D eigenvalue weighted by atomic mass is 32.1. The molecule has 144 valence electrons. The summed E-state index contributed by atoms with van der Waals surface area (Å²) in [5.74, 6) is -0.365. The molecule has 1 heterocycles. The Morgan fingerprint density at radius 1 is 1.04 bits per heavy atom. The van der Waals surface area contributed by atoms with Crippen LogP contribution in [0, 0.1) is 0 Å². The summed E-state index contributed by atoms with van der Waals surface area (Å²) in [6.45, 7) is 3.70. The summed E-state index contributed by atoms with van der Waals surface area (Å²) in [5.41, 5.74) is 3.05. The third kappa shape index (κ3) is 5.73. The van der Waals surface area contributed by atoms with E-state index in [1.807, 2.05) is 30.3 Å². The quantitative estimate of drug-likeness (QED) is 0.544. The number of carbonyl (C=O) groups is 2. The van der Waals surface area contributed by atoms with Gasteiger partial charge in [0.1, 0.15) is 0 Å². The molecular weight excluding hydrogens is 372 g/mol. The van der Waals surface area contributed by atoms with Gasteiger partial charge in [-0.1, -0.05) is 37.3 Å². The molecule has 3 N–H and O–H groups in total. The fourth-order valence-corrected chi connectivity index (χ4v) is 3.31. The monoisotopic (exact) mass is 394 g/mol. The van der Waals surface area contributed by atoms with E-state index in [2.05, 4.69) is 27.9 Å². The van der Waals surface area contributed by atoms with E-state index in [9.17, 15) is 9.59 Å². The molecule has 0 radical (unpaired) electrons. The Morgan fingerprint density at radius 2 is 1.86 bits per heavy atom. The smallest absolute Gasteiger partial charge is 0.257 e. The molecule has 7 heteroatoms. The summed E-state index contributed by atoms with van der Waals surface area (Å²) in [5, 5.41) is 11.2. The maximum Gasteiger partial charge on any atom is 0.257 e. The van der Waals surface area contributed by atoms with Crippen molar-refractivity contribution >= 4 is 34.0 Å². The molecule has 0 saturated carbocycles. The molecule has 6 nitrogen and oxygen atoms in total. The van der Waals surface area contributed by atoms with Gasteiger partial charge in [-0.2, -0.15) is 0 Å². The first-order chi connectivity index (χ1) is 13.6. The number of hydrogen-bond acceptors (Lipinski definition) is 5. The van der Waals surface area contributed by atoms with Gasteiger partial charge in [-0.3, -0.25) is 14.9 Å². The number of anilines is 2. The van der Waals surface area contributed by atoms with Crippen molar-refractivity contribution in [2.24, 2.45) is 0 Å². The molecule has 3 rings (SSSR count). The Hall–Kier alpha value is -3.03. The summed E-state index contributed by atoms with van der Waals surface area (Å²) in [7, 11) is 0. The van der Waals surface area contributed by atoms with Crippen molar-refractivity contribution in [1.82, 2.24) is 10.3 Å². The van der Waals surface area contributed by atoms with Crippen molar-refractivity contribution in [1.29, 1.82) is 0 Å². The molecule has 0 fully saturated rings. The van der Waals surface area contributed by atoms with E-state index in [0.29, 0.717) is 16.4 Å². The zero-order valence-corrected chi connectivity index (χ0v) is 16.4. The van der Waals surface area contributed by atoms with E-state index in [0.717, 1.165) is 24.3 Å². The van der Waals surface area contributed by atoms with Crippen LogP contribution in [0.15, 0.2) is 60.0 Å². The minimum atomic E-state index is -0.219. The zero-order chi connectivity index (χ0) is 19.8. The molecule has 0 aliphatic heterocycles. The van der Waals surface area contributed by atoms with Gasteiger partial charge in [-0.15, -0.1) is 11.3 Å². The van der Waals surface area contributed by atoms with Crippen LogP contribution in [0.3, 0.4) is 0 Å². The highest BCUT2D eigenvalue weighted by molar-refractivity contribution is 7.14. The molecule has 0 saturated heterocycles. The summed E-state index contributed by atoms with van der Waals surface area (Å²) in [4.78, 5) is 28.8. The average Bonchev–Trinajstić information content (AvgIpc) is 3.13. The third-order valence-corrected chi connectivity index (χ3v) is 4.75. The number of hydrogen-bond donors (Lipinski definition) is 3. The first-order valence-electron chi connectivity index (χ1n) is 9.04. The second kappa shape index (κ2) is 9.77. The number of amides is 2. The Bertz CT molecular complexity index is 940. The molecule has 2 aromatic carbocycles. The number of thiazole rings is 1. The van der Waals surface area contributed by atoms with Gasteiger partial charge >= 0.3 is 0 Å². The number of carbonyl (C=O) groups excluding carboxylic acids is 2. The fourth-order valence-electron chi connectivity index (χ4n) is 2.60. The molecule has 3 aromatic rings. The minimum absolute atomic E-state index is 0.146. The maximum atomic E-state index is 12.3. The van der Waals surface area contributed by atoms with Gasteiger partial charge in [0.05, 0.1) is 12.1 Å². The second-order valence-electron chi connectivity index (χ2n) is 6.17. The summed E-state index contributed by atoms with van der Waals surface area (Å²) in [6.07, 6.45) is 0.148. The lowest BCUT2D eigenvalue weighted by Gasteiger charge is -2.07. The molecule has 2 amide bonds. The molecule has 0 atom stereocenters. The highest BCUT2D eigenvalue weighted by Gasteiger charge is 2.11. The molecule has 0 unspecified atom stereocenters. The van der Waals surface area contributed by atoms with Gasteiger partial charge in [-0.25, -0.2) is 4.98 Å². The normalized spacial score (nSPS) is 10.5. The summed E-state index contributed by atoms with van der Waals surface area (Å²) >= 11 is 1.30. The van der Waals surface area contributed by atoms with E-state index >= 15 is 0 Å². The number of rotatable bonds is 8. The first kappa shape index (κ1) is 19.7. The molecule has 28 heavy (non-hydrogen) atoms. The van der Waals surface area contributed by atoms with Crippen LogP contribution < -0.4 is 16.0 Å². The maximum absolute atomic E-state index is 12.3. The topological polar surface area (TPSA) is 83.1 Å². The largest absolute Gasteiger partial charge is 0.326 e. The number of nitrogens with zero attached hydrogens (tertiary/aromatic N) is 1. The predicted molar refractivity (Wildman–Crippen MR) is 113 cm³/mol. The van der Waals surface area contributed by atoms with Gasteiger partial charge in [-0.05, 0) is 36.4 Å². The molecule has 0 aliphatic carbocycles. The van der Waals surface area contributed by atoms with Crippen LogP contribution in [-0.2, 0) is 17.8 Å². The zero-order valence-electron chi connectivity index (χ0n) is 15.6. The summed E-state index contributed by atoms with van der Waals surface area (Å²) < 4.78 is 0. The molecular formula is C21H22N4O2S. The Balaban J connectivity index is 1.54. The third-order valence-electron chi connectivity index (χ3n) is 3.94. The van der Waals surface area contributed by atoms with E-state index in [-0.39, 0.29) is 18.2 Å². The molecule has 0 aliphatic rings. The number of benzene rings is 2. The van der Waals surface area contributed by atoms with Gasteiger partial charge in [0.15, 0.2) is 5.13 Å². The number of aromatic nitrogens is 1. The van der Waals surface area contributed by atoms with Crippen LogP contribution in [0.4, 0.5) is 10.8 Å². The Labute approximate surface area is 168 Å². The van der Waals surface area contributed by atoms with Crippen molar-refractivity contribution in [3.05, 3.63) is 76.8 Å². The van der Waals surface area contributed by atoms with Crippen molar-refractivity contribution in [2.45, 2.75) is 19.9 Å². The predicted octanol–water partition coefficient (Wildman–Crippen LogP) is 3.69. The van der Waals surface area contributed by atoms with Crippen LogP contribution in [0.5, 0.6) is 0 Å². The minimum Gasteiger partial charge on any atom is -0.326 e. The Morgan fingerprint density at radius 3 is 2.64 bits per heavy atom. The SMILES string of the molecule is CCNCc1cccc(NC(=O)Cc2csc(NC(=O)c3ccccc3)n2)c1. The fraction of sp³-hybridized carbons (Fsp3) is 0.190. The lowest BCUT2D eigenvalue weighted by atomic mass is 10.2. The van der Waals surface area contributed by atoms with Crippen LogP contribution in [0.25, 0.3) is 0 Å². The first-order valence-corrected chi connectivity index (χ1v) is 9.92. The lowest BCUT2D eigenvalue weighted by Crippen LogP contribution is -2.16. The second-order valence-corrected chi connectivity index (χ2v) is 7.03. The van der Waals surface area contributed by atoms with Gasteiger partial charge in [0.2, 0.25) is 5.91 Å². The van der Waals surface area contributed by atoms with E-state index < -0.39 is 0 Å². The van der Waals surface area contributed by atoms with Crippen molar-refractivity contribution < 1.29 is 9.59 Å². The Kier molecular flexibility index (Phi) is 6.89. The molecule has 0 spiro atoms. The van der Waals surface area contributed by atoms with Crippen LogP contribution in [-0.4, -0.2) is 23.3 Å². The van der Waals surface area contributed by atoms with Crippen LogP contribution in [0.1, 0.15) is 28.5 Å². The van der Waals surface area contributed by atoms with E-state index in [1.54, 1.807) is 29.6 Å². The van der Waals surface area contributed by atoms with Crippen LogP contribution >= 0.6 is 11.3 Å². The van der Waals surface area contributed by atoms with Gasteiger partial charge < -0.3 is 10.6 Å². The van der Waals surface area contributed by atoms with Gasteiger partial charge in [0.25, 0.3) is 5.91 Å². The van der Waals surface area contributed by atoms with Gasteiger partial charge in [0, 0.05) is 23.2 Å². The number of nitrogens with one attached hydrogen (secondary N) is 3. The van der Waals surface area contributed by atoms with Crippen LogP contribution in [0.2, 0.25) is 0 Å². The lowest BCUT2D eigenvalue weighted by molar-refractivity contribution is -0.115. The van der Waals surface area contributed by atoms with Crippen molar-refractivity contribution in [2.75, 3.05) is 17.2 Å². The molecule has 1 aromatic heterocycles. The van der Waals surface area contributed by atoms with Crippen molar-refractivity contribution in [3.8, 4) is 0 Å². The van der Waals surface area contributed by atoms with Crippen molar-refractivity contribution in [3.63, 3.8) is 0 Å². The standard InChI is InChI=1S/C21H22N4O2S/c1-2-22-13-15-7-6-10-17(11-15)23-19(26)12-18-14-28-21(24-18)25-20(27)16-8-4-3-5-9-16/h3-11,14,22H,2,12-13H2,1H3,(H,23,26)(H,24,25,27).